The Morgan fingerprint density at radius 2 is 1.94 bits per heavy atom. The summed E-state index contributed by atoms with van der Waals surface area (Å²) in [6.45, 7) is 5.70. The molecule has 2 nitrogen and oxygen atoms in total. The molecule has 4 heteroatoms. The highest BCUT2D eigenvalue weighted by Gasteiger charge is 2.33. The van der Waals surface area contributed by atoms with E-state index in [1.807, 2.05) is 45.0 Å². The van der Waals surface area contributed by atoms with Crippen molar-refractivity contribution in [1.82, 2.24) is 0 Å². The van der Waals surface area contributed by atoms with Crippen molar-refractivity contribution < 1.29 is 4.21 Å². The molecular formula is C13H16ClNOS. The summed E-state index contributed by atoms with van der Waals surface area (Å²) in [6.07, 6.45) is 0.290. The molecule has 1 rings (SSSR count). The number of alkyl halides is 1. The Morgan fingerprint density at radius 3 is 2.41 bits per heavy atom. The third-order valence-corrected chi connectivity index (χ3v) is 5.42. The van der Waals surface area contributed by atoms with Gasteiger partial charge in [-0.2, -0.15) is 5.26 Å². The predicted molar refractivity (Wildman–Crippen MR) is 71.2 cm³/mol. The van der Waals surface area contributed by atoms with Crippen molar-refractivity contribution in [2.45, 2.75) is 36.8 Å². The molecule has 0 saturated carbocycles. The minimum atomic E-state index is -1.29. The van der Waals surface area contributed by atoms with E-state index in [0.717, 1.165) is 5.56 Å². The lowest BCUT2D eigenvalue weighted by Gasteiger charge is -2.26. The summed E-state index contributed by atoms with van der Waals surface area (Å²) in [7, 11) is -1.29. The van der Waals surface area contributed by atoms with Crippen LogP contribution in [0.15, 0.2) is 29.2 Å². The van der Waals surface area contributed by atoms with Gasteiger partial charge in [-0.05, 0) is 19.1 Å². The average Bonchev–Trinajstić information content (AvgIpc) is 2.28. The summed E-state index contributed by atoms with van der Waals surface area (Å²) in [6, 6.07) is 9.55. The summed E-state index contributed by atoms with van der Waals surface area (Å²) < 4.78 is 11.7. The molecule has 0 radical (unpaired) electrons. The van der Waals surface area contributed by atoms with Crippen molar-refractivity contribution in [2.24, 2.45) is 5.41 Å². The van der Waals surface area contributed by atoms with Gasteiger partial charge in [-0.3, -0.25) is 4.21 Å². The fourth-order valence-corrected chi connectivity index (χ4v) is 3.06. The summed E-state index contributed by atoms with van der Waals surface area (Å²) in [5.74, 6) is 0. The lowest BCUT2D eigenvalue weighted by atomic mass is 9.93. The zero-order chi connectivity index (χ0) is 13.1. The second-order valence-electron chi connectivity index (χ2n) is 4.75. The maximum absolute atomic E-state index is 12.2. The first-order valence-electron chi connectivity index (χ1n) is 5.37. The molecule has 0 amide bonds. The Balaban J connectivity index is 2.91. The molecule has 0 aliphatic heterocycles. The third-order valence-electron chi connectivity index (χ3n) is 2.59. The molecule has 2 atom stereocenters. The van der Waals surface area contributed by atoms with E-state index in [1.54, 1.807) is 0 Å². The van der Waals surface area contributed by atoms with Crippen LogP contribution in [-0.2, 0) is 10.8 Å². The van der Waals surface area contributed by atoms with Crippen LogP contribution in [0.1, 0.15) is 25.8 Å². The second-order valence-corrected chi connectivity index (χ2v) is 6.98. The topological polar surface area (TPSA) is 40.9 Å². The van der Waals surface area contributed by atoms with Gasteiger partial charge in [-0.15, -0.1) is 11.6 Å². The minimum Gasteiger partial charge on any atom is -0.253 e. The highest BCUT2D eigenvalue weighted by molar-refractivity contribution is 7.87. The quantitative estimate of drug-likeness (QED) is 0.784. The Bertz CT molecular complexity index is 447. The highest BCUT2D eigenvalue weighted by atomic mass is 35.5. The van der Waals surface area contributed by atoms with Gasteiger partial charge in [0.2, 0.25) is 0 Å². The van der Waals surface area contributed by atoms with Gasteiger partial charge in [-0.25, -0.2) is 0 Å². The molecule has 92 valence electrons. The second kappa shape index (κ2) is 5.66. The maximum atomic E-state index is 12.2. The van der Waals surface area contributed by atoms with Crippen LogP contribution < -0.4 is 0 Å². The smallest absolute Gasteiger partial charge is 0.119 e. The molecule has 0 N–H and O–H groups in total. The molecule has 0 fully saturated rings. The summed E-state index contributed by atoms with van der Waals surface area (Å²) >= 11 is 6.22. The lowest BCUT2D eigenvalue weighted by molar-refractivity contribution is 0.407. The van der Waals surface area contributed by atoms with Crippen LogP contribution in [0.3, 0.4) is 0 Å². The number of halogens is 1. The average molecular weight is 270 g/mol. The number of hydrogen-bond acceptors (Lipinski definition) is 2. The maximum Gasteiger partial charge on any atom is 0.119 e. The van der Waals surface area contributed by atoms with E-state index in [-0.39, 0.29) is 0 Å². The van der Waals surface area contributed by atoms with Crippen molar-refractivity contribution >= 4 is 22.4 Å². The number of hydrogen-bond donors (Lipinski definition) is 0. The number of nitriles is 1. The third kappa shape index (κ3) is 3.55. The SMILES string of the molecule is Cc1ccc(S(=O)C(Cl)C(C)(C)CC#N)cc1. The molecule has 17 heavy (non-hydrogen) atoms. The van der Waals surface area contributed by atoms with Crippen LogP contribution in [0.4, 0.5) is 0 Å². The highest BCUT2D eigenvalue weighted by Crippen LogP contribution is 2.33. The Morgan fingerprint density at radius 1 is 1.41 bits per heavy atom. The summed E-state index contributed by atoms with van der Waals surface area (Å²) in [5.41, 5.74) is 0.652. The molecule has 1 aromatic carbocycles. The zero-order valence-electron chi connectivity index (χ0n) is 10.2. The number of nitrogens with zero attached hydrogens (tertiary/aromatic N) is 1. The molecule has 0 bridgehead atoms. The van der Waals surface area contributed by atoms with Gasteiger partial charge in [0.15, 0.2) is 0 Å². The molecule has 0 aliphatic rings. The van der Waals surface area contributed by atoms with Gasteiger partial charge in [0.05, 0.1) is 16.9 Å². The predicted octanol–water partition coefficient (Wildman–Crippen LogP) is 3.61. The Labute approximate surface area is 110 Å². The molecule has 0 aliphatic carbocycles. The Hall–Kier alpha value is -0.850. The van der Waals surface area contributed by atoms with Crippen LogP contribution in [-0.4, -0.2) is 8.92 Å². The van der Waals surface area contributed by atoms with Gasteiger partial charge in [0.25, 0.3) is 0 Å². The summed E-state index contributed by atoms with van der Waals surface area (Å²) in [5, 5.41) is 8.73. The van der Waals surface area contributed by atoms with Crippen LogP contribution in [0, 0.1) is 23.7 Å². The standard InChI is InChI=1S/C13H16ClNOS/c1-10-4-6-11(7-5-10)17(16)12(14)13(2,3)8-9-15/h4-7,12H,8H2,1-3H3. The fourth-order valence-electron chi connectivity index (χ4n) is 1.37. The van der Waals surface area contributed by atoms with Crippen LogP contribution >= 0.6 is 11.6 Å². The molecule has 0 spiro atoms. The normalized spacial score (nSPS) is 15.0. The van der Waals surface area contributed by atoms with E-state index >= 15 is 0 Å². The molecular weight excluding hydrogens is 254 g/mol. The van der Waals surface area contributed by atoms with Crippen molar-refractivity contribution in [3.05, 3.63) is 29.8 Å². The molecule has 1 aromatic rings. The van der Waals surface area contributed by atoms with Gasteiger partial charge in [-0.1, -0.05) is 31.5 Å². The van der Waals surface area contributed by atoms with E-state index < -0.39 is 20.9 Å². The van der Waals surface area contributed by atoms with Gasteiger partial charge in [0.1, 0.15) is 4.71 Å². The van der Waals surface area contributed by atoms with Crippen LogP contribution in [0.25, 0.3) is 0 Å². The van der Waals surface area contributed by atoms with E-state index in [2.05, 4.69) is 6.07 Å². The van der Waals surface area contributed by atoms with Crippen LogP contribution in [0.2, 0.25) is 0 Å². The first-order valence-corrected chi connectivity index (χ1v) is 7.01. The molecule has 2 unspecified atom stereocenters. The van der Waals surface area contributed by atoms with Crippen molar-refractivity contribution in [3.8, 4) is 6.07 Å². The molecule has 0 aromatic heterocycles. The Kier molecular flexibility index (Phi) is 4.73. The first-order chi connectivity index (χ1) is 7.88. The van der Waals surface area contributed by atoms with E-state index in [4.69, 9.17) is 16.9 Å². The van der Waals surface area contributed by atoms with Crippen molar-refractivity contribution in [2.75, 3.05) is 0 Å². The number of rotatable bonds is 4. The van der Waals surface area contributed by atoms with Gasteiger partial charge in [0, 0.05) is 16.7 Å². The van der Waals surface area contributed by atoms with Gasteiger partial charge < -0.3 is 0 Å². The van der Waals surface area contributed by atoms with Crippen molar-refractivity contribution in [3.63, 3.8) is 0 Å². The lowest BCUT2D eigenvalue weighted by Crippen LogP contribution is -2.28. The van der Waals surface area contributed by atoms with Crippen LogP contribution in [0.5, 0.6) is 0 Å². The fraction of sp³-hybridized carbons (Fsp3) is 0.462. The van der Waals surface area contributed by atoms with E-state index in [1.165, 1.54) is 0 Å². The number of aryl methyl sites for hydroxylation is 1. The first kappa shape index (κ1) is 14.2. The van der Waals surface area contributed by atoms with E-state index in [0.29, 0.717) is 11.3 Å². The zero-order valence-corrected chi connectivity index (χ0v) is 11.8. The number of benzene rings is 1. The minimum absolute atomic E-state index is 0.290. The van der Waals surface area contributed by atoms with Crippen molar-refractivity contribution in [1.29, 1.82) is 5.26 Å². The monoisotopic (exact) mass is 269 g/mol. The van der Waals surface area contributed by atoms with E-state index in [9.17, 15) is 4.21 Å². The largest absolute Gasteiger partial charge is 0.253 e. The molecule has 0 saturated heterocycles. The van der Waals surface area contributed by atoms with Gasteiger partial charge >= 0.3 is 0 Å². The summed E-state index contributed by atoms with van der Waals surface area (Å²) in [4.78, 5) is 0.710. The molecule has 0 heterocycles.